The highest BCUT2D eigenvalue weighted by Gasteiger charge is 2.21. The molecule has 4 rings (SSSR count). The van der Waals surface area contributed by atoms with Gasteiger partial charge < -0.3 is 13.9 Å². The maximum atomic E-state index is 13.3. The second-order valence-electron chi connectivity index (χ2n) is 7.07. The lowest BCUT2D eigenvalue weighted by atomic mass is 10.1. The van der Waals surface area contributed by atoms with Crippen LogP contribution in [-0.4, -0.2) is 13.1 Å². The minimum Gasteiger partial charge on any atom is -0.497 e. The van der Waals surface area contributed by atoms with E-state index in [4.69, 9.17) is 13.9 Å². The monoisotopic (exact) mass is 400 g/mol. The maximum absolute atomic E-state index is 13.3. The molecule has 0 amide bonds. The van der Waals surface area contributed by atoms with E-state index < -0.39 is 11.4 Å². The van der Waals surface area contributed by atoms with Gasteiger partial charge in [0.15, 0.2) is 5.76 Å². The van der Waals surface area contributed by atoms with Gasteiger partial charge in [-0.15, -0.1) is 0 Å². The van der Waals surface area contributed by atoms with E-state index in [1.807, 2.05) is 32.0 Å². The fourth-order valence-corrected chi connectivity index (χ4v) is 3.16. The number of hydrogen-bond donors (Lipinski definition) is 0. The van der Waals surface area contributed by atoms with Crippen LogP contribution in [0.1, 0.15) is 21.5 Å². The van der Waals surface area contributed by atoms with E-state index in [0.29, 0.717) is 27.8 Å². The Balaban J connectivity index is 1.88. The molecule has 1 heterocycles. The quantitative estimate of drug-likeness (QED) is 0.435. The van der Waals surface area contributed by atoms with Crippen molar-refractivity contribution in [3.63, 3.8) is 0 Å². The second kappa shape index (κ2) is 7.87. The molecule has 0 aliphatic rings. The summed E-state index contributed by atoms with van der Waals surface area (Å²) in [7, 11) is 1.57. The van der Waals surface area contributed by atoms with Crippen LogP contribution in [0.25, 0.3) is 22.3 Å². The molecule has 0 radical (unpaired) electrons. The third kappa shape index (κ3) is 3.70. The van der Waals surface area contributed by atoms with Crippen molar-refractivity contribution in [1.82, 2.24) is 0 Å². The van der Waals surface area contributed by atoms with Gasteiger partial charge in [0.2, 0.25) is 11.2 Å². The second-order valence-corrected chi connectivity index (χ2v) is 7.07. The Morgan fingerprint density at radius 3 is 2.20 bits per heavy atom. The van der Waals surface area contributed by atoms with E-state index in [2.05, 4.69) is 0 Å². The van der Waals surface area contributed by atoms with Gasteiger partial charge in [0, 0.05) is 5.56 Å². The molecular formula is C25H20O5. The van der Waals surface area contributed by atoms with Gasteiger partial charge >= 0.3 is 5.97 Å². The summed E-state index contributed by atoms with van der Waals surface area (Å²) in [6.45, 7) is 3.81. The first-order valence-corrected chi connectivity index (χ1v) is 9.47. The lowest BCUT2D eigenvalue weighted by Crippen LogP contribution is -2.16. The van der Waals surface area contributed by atoms with Gasteiger partial charge in [-0.25, -0.2) is 4.79 Å². The van der Waals surface area contributed by atoms with Gasteiger partial charge in [-0.05, 0) is 62.4 Å². The Hall–Kier alpha value is -3.86. The van der Waals surface area contributed by atoms with Crippen LogP contribution in [0.3, 0.4) is 0 Å². The summed E-state index contributed by atoms with van der Waals surface area (Å²) in [5, 5.41) is 0.360. The number of esters is 1. The van der Waals surface area contributed by atoms with Crippen molar-refractivity contribution in [1.29, 1.82) is 0 Å². The third-order valence-corrected chi connectivity index (χ3v) is 4.84. The summed E-state index contributed by atoms with van der Waals surface area (Å²) < 4.78 is 16.8. The summed E-state index contributed by atoms with van der Waals surface area (Å²) in [5.74, 6) is 0.100. The van der Waals surface area contributed by atoms with Crippen molar-refractivity contribution in [2.45, 2.75) is 13.8 Å². The van der Waals surface area contributed by atoms with Gasteiger partial charge in [-0.3, -0.25) is 4.79 Å². The Bertz CT molecular complexity index is 1280. The molecule has 5 nitrogen and oxygen atoms in total. The van der Waals surface area contributed by atoms with Crippen LogP contribution < -0.4 is 14.9 Å². The third-order valence-electron chi connectivity index (χ3n) is 4.84. The highest BCUT2D eigenvalue weighted by atomic mass is 16.5. The fourth-order valence-electron chi connectivity index (χ4n) is 3.16. The molecule has 0 saturated carbocycles. The van der Waals surface area contributed by atoms with Crippen LogP contribution in [0.15, 0.2) is 75.9 Å². The zero-order valence-electron chi connectivity index (χ0n) is 16.9. The summed E-state index contributed by atoms with van der Waals surface area (Å²) >= 11 is 0. The molecule has 0 N–H and O–H groups in total. The van der Waals surface area contributed by atoms with Crippen molar-refractivity contribution in [3.8, 4) is 22.8 Å². The van der Waals surface area contributed by atoms with Crippen molar-refractivity contribution in [2.75, 3.05) is 7.11 Å². The van der Waals surface area contributed by atoms with E-state index in [1.54, 1.807) is 55.6 Å². The molecule has 0 spiro atoms. The average molecular weight is 400 g/mol. The van der Waals surface area contributed by atoms with Crippen molar-refractivity contribution in [2.24, 2.45) is 0 Å². The first-order chi connectivity index (χ1) is 14.5. The van der Waals surface area contributed by atoms with Gasteiger partial charge in [0.1, 0.15) is 11.3 Å². The molecule has 30 heavy (non-hydrogen) atoms. The predicted octanol–water partition coefficient (Wildman–Crippen LogP) is 5.30. The van der Waals surface area contributed by atoms with E-state index in [9.17, 15) is 9.59 Å². The number of ether oxygens (including phenoxy) is 2. The molecule has 150 valence electrons. The van der Waals surface area contributed by atoms with Crippen LogP contribution >= 0.6 is 0 Å². The molecule has 3 aromatic carbocycles. The van der Waals surface area contributed by atoms with Gasteiger partial charge in [-0.1, -0.05) is 29.3 Å². The minimum atomic E-state index is -0.621. The first-order valence-electron chi connectivity index (χ1n) is 9.47. The molecule has 0 aliphatic heterocycles. The van der Waals surface area contributed by atoms with Gasteiger partial charge in [-0.2, -0.15) is 0 Å². The Morgan fingerprint density at radius 1 is 0.867 bits per heavy atom. The number of hydrogen-bond acceptors (Lipinski definition) is 5. The standard InChI is InChI=1S/C25H20O5/c1-15-4-7-18(8-5-15)25(27)30-24-22(26)20-14-16(2)6-13-21(20)29-23(24)17-9-11-19(28-3)12-10-17/h4-14H,1-3H3. The highest BCUT2D eigenvalue weighted by molar-refractivity contribution is 5.93. The zero-order valence-corrected chi connectivity index (χ0v) is 16.9. The van der Waals surface area contributed by atoms with E-state index in [1.165, 1.54) is 0 Å². The molecule has 5 heteroatoms. The number of fused-ring (bicyclic) bond motifs is 1. The van der Waals surface area contributed by atoms with Crippen LogP contribution in [0, 0.1) is 13.8 Å². The normalized spacial score (nSPS) is 10.8. The van der Waals surface area contributed by atoms with Crippen LogP contribution in [0.5, 0.6) is 11.5 Å². The molecule has 0 aliphatic carbocycles. The van der Waals surface area contributed by atoms with Crippen molar-refractivity contribution in [3.05, 3.63) is 93.6 Å². The fraction of sp³-hybridized carbons (Fsp3) is 0.120. The predicted molar refractivity (Wildman–Crippen MR) is 115 cm³/mol. The number of methoxy groups -OCH3 is 1. The number of benzene rings is 3. The van der Waals surface area contributed by atoms with Gasteiger partial charge in [0.25, 0.3) is 0 Å². The summed E-state index contributed by atoms with van der Waals surface area (Å²) in [6.07, 6.45) is 0. The lowest BCUT2D eigenvalue weighted by molar-refractivity contribution is 0.0731. The SMILES string of the molecule is COc1ccc(-c2oc3ccc(C)cc3c(=O)c2OC(=O)c2ccc(C)cc2)cc1. The summed E-state index contributed by atoms with van der Waals surface area (Å²) in [6, 6.07) is 19.3. The largest absolute Gasteiger partial charge is 0.497 e. The Labute approximate surface area is 173 Å². The van der Waals surface area contributed by atoms with Crippen LogP contribution in [0.2, 0.25) is 0 Å². The maximum Gasteiger partial charge on any atom is 0.343 e. The van der Waals surface area contributed by atoms with Crippen molar-refractivity contribution >= 4 is 16.9 Å². The molecule has 0 atom stereocenters. The summed E-state index contributed by atoms with van der Waals surface area (Å²) in [5.41, 5.74) is 2.90. The highest BCUT2D eigenvalue weighted by Crippen LogP contribution is 2.32. The van der Waals surface area contributed by atoms with E-state index in [0.717, 1.165) is 11.1 Å². The molecule has 0 unspecified atom stereocenters. The van der Waals surface area contributed by atoms with Gasteiger partial charge in [0.05, 0.1) is 18.1 Å². The zero-order chi connectivity index (χ0) is 21.3. The molecular weight excluding hydrogens is 380 g/mol. The lowest BCUT2D eigenvalue weighted by Gasteiger charge is -2.11. The number of aryl methyl sites for hydroxylation is 2. The topological polar surface area (TPSA) is 65.7 Å². The number of carbonyl (C=O) groups is 1. The molecule has 4 aromatic rings. The summed E-state index contributed by atoms with van der Waals surface area (Å²) in [4.78, 5) is 26.0. The Kier molecular flexibility index (Phi) is 5.11. The van der Waals surface area contributed by atoms with Crippen LogP contribution in [-0.2, 0) is 0 Å². The van der Waals surface area contributed by atoms with Crippen molar-refractivity contribution < 1.29 is 18.7 Å². The molecule has 0 bridgehead atoms. The number of carbonyl (C=O) groups excluding carboxylic acids is 1. The molecule has 0 fully saturated rings. The molecule has 1 aromatic heterocycles. The average Bonchev–Trinajstić information content (AvgIpc) is 2.76. The Morgan fingerprint density at radius 2 is 1.53 bits per heavy atom. The van der Waals surface area contributed by atoms with E-state index in [-0.39, 0.29) is 11.5 Å². The van der Waals surface area contributed by atoms with E-state index >= 15 is 0 Å². The number of rotatable bonds is 4. The minimum absolute atomic E-state index is 0.135. The first kappa shape index (κ1) is 19.5. The van der Waals surface area contributed by atoms with Crippen LogP contribution in [0.4, 0.5) is 0 Å². The molecule has 0 saturated heterocycles. The smallest absolute Gasteiger partial charge is 0.343 e.